The van der Waals surface area contributed by atoms with Crippen molar-refractivity contribution in [3.05, 3.63) is 29.8 Å². The molecule has 0 spiro atoms. The number of rotatable bonds is 5. The van der Waals surface area contributed by atoms with Crippen LogP contribution in [0.3, 0.4) is 0 Å². The number of benzene rings is 1. The maximum absolute atomic E-state index is 11.6. The number of nitrogens with zero attached hydrogens (tertiary/aromatic N) is 1. The monoisotopic (exact) mass is 263 g/mol. The van der Waals surface area contributed by atoms with E-state index < -0.39 is 11.9 Å². The smallest absolute Gasteiger partial charge is 0.323 e. The fourth-order valence-electron chi connectivity index (χ4n) is 2.15. The molecule has 1 amide bonds. The molecule has 6 nitrogen and oxygen atoms in total. The quantitative estimate of drug-likeness (QED) is 0.569. The number of ether oxygens (including phenoxy) is 1. The number of hydrogen-bond donors (Lipinski definition) is 2. The van der Waals surface area contributed by atoms with Gasteiger partial charge < -0.3 is 16.2 Å². The molecule has 0 saturated carbocycles. The van der Waals surface area contributed by atoms with Crippen LogP contribution in [0.25, 0.3) is 0 Å². The number of primary amides is 1. The van der Waals surface area contributed by atoms with Crippen LogP contribution in [-0.4, -0.2) is 36.0 Å². The lowest BCUT2D eigenvalue weighted by molar-refractivity contribution is -0.142. The molecule has 1 atom stereocenters. The van der Waals surface area contributed by atoms with Gasteiger partial charge in [-0.1, -0.05) is 12.1 Å². The van der Waals surface area contributed by atoms with Crippen LogP contribution < -0.4 is 11.5 Å². The minimum Gasteiger partial charge on any atom is -0.464 e. The lowest BCUT2D eigenvalue weighted by Gasteiger charge is -2.24. The highest BCUT2D eigenvalue weighted by Gasteiger charge is 2.32. The van der Waals surface area contributed by atoms with E-state index in [1.165, 1.54) is 0 Å². The van der Waals surface area contributed by atoms with Gasteiger partial charge in [-0.2, -0.15) is 0 Å². The van der Waals surface area contributed by atoms with Gasteiger partial charge in [0.15, 0.2) is 0 Å². The van der Waals surface area contributed by atoms with Gasteiger partial charge in [0, 0.05) is 18.7 Å². The molecule has 1 aliphatic rings. The first-order valence-corrected chi connectivity index (χ1v) is 6.09. The summed E-state index contributed by atoms with van der Waals surface area (Å²) in [6.45, 7) is 0.883. The Balaban J connectivity index is 2.11. The van der Waals surface area contributed by atoms with Gasteiger partial charge in [-0.05, 0) is 17.7 Å². The van der Waals surface area contributed by atoms with Gasteiger partial charge in [0.25, 0.3) is 0 Å². The zero-order valence-corrected chi connectivity index (χ0v) is 10.5. The molecular formula is C13H17N3O3. The van der Waals surface area contributed by atoms with Gasteiger partial charge in [-0.15, -0.1) is 0 Å². The minimum absolute atomic E-state index is 0.0319. The Kier molecular flexibility index (Phi) is 4.01. The summed E-state index contributed by atoms with van der Waals surface area (Å²) in [6.07, 6.45) is 0.584. The van der Waals surface area contributed by atoms with Crippen molar-refractivity contribution in [1.82, 2.24) is 4.90 Å². The summed E-state index contributed by atoms with van der Waals surface area (Å²) in [6, 6.07) is 6.90. The van der Waals surface area contributed by atoms with Crippen LogP contribution in [0, 0.1) is 0 Å². The summed E-state index contributed by atoms with van der Waals surface area (Å²) < 4.78 is 4.93. The van der Waals surface area contributed by atoms with Crippen molar-refractivity contribution in [2.75, 3.05) is 18.9 Å². The number of amides is 1. The van der Waals surface area contributed by atoms with Crippen LogP contribution in [0.5, 0.6) is 0 Å². The molecule has 0 aliphatic carbocycles. The Morgan fingerprint density at radius 3 is 2.58 bits per heavy atom. The number of nitrogen functional groups attached to an aromatic ring is 1. The Morgan fingerprint density at radius 2 is 2.05 bits per heavy atom. The second-order valence-electron chi connectivity index (χ2n) is 4.58. The third-order valence-electron chi connectivity index (χ3n) is 3.07. The molecule has 1 fully saturated rings. The first kappa shape index (κ1) is 13.4. The van der Waals surface area contributed by atoms with Crippen LogP contribution in [0.15, 0.2) is 24.3 Å². The normalized spacial score (nSPS) is 18.6. The van der Waals surface area contributed by atoms with E-state index in [2.05, 4.69) is 0 Å². The molecule has 1 aromatic carbocycles. The van der Waals surface area contributed by atoms with Gasteiger partial charge in [-0.3, -0.25) is 14.5 Å². The van der Waals surface area contributed by atoms with Crippen molar-refractivity contribution in [3.63, 3.8) is 0 Å². The van der Waals surface area contributed by atoms with Gasteiger partial charge in [0.1, 0.15) is 6.04 Å². The van der Waals surface area contributed by atoms with E-state index in [-0.39, 0.29) is 12.5 Å². The average molecular weight is 263 g/mol. The zero-order chi connectivity index (χ0) is 13.8. The number of esters is 1. The number of nitrogens with two attached hydrogens (primary N) is 2. The largest absolute Gasteiger partial charge is 0.464 e. The molecule has 1 aliphatic heterocycles. The summed E-state index contributed by atoms with van der Waals surface area (Å²) in [7, 11) is 0. The Morgan fingerprint density at radius 1 is 1.37 bits per heavy atom. The molecule has 2 rings (SSSR count). The predicted molar refractivity (Wildman–Crippen MR) is 69.8 cm³/mol. The van der Waals surface area contributed by atoms with E-state index >= 15 is 0 Å². The zero-order valence-electron chi connectivity index (χ0n) is 10.5. The van der Waals surface area contributed by atoms with Gasteiger partial charge >= 0.3 is 5.97 Å². The Bertz CT molecular complexity index is 473. The molecule has 19 heavy (non-hydrogen) atoms. The van der Waals surface area contributed by atoms with Crippen molar-refractivity contribution < 1.29 is 14.3 Å². The van der Waals surface area contributed by atoms with E-state index in [0.717, 1.165) is 5.56 Å². The maximum atomic E-state index is 11.6. The molecule has 0 radical (unpaired) electrons. The van der Waals surface area contributed by atoms with E-state index in [9.17, 15) is 9.59 Å². The number of anilines is 1. The van der Waals surface area contributed by atoms with Gasteiger partial charge in [-0.25, -0.2) is 0 Å². The van der Waals surface area contributed by atoms with Crippen LogP contribution in [0.2, 0.25) is 0 Å². The number of carbonyl (C=O) groups is 2. The van der Waals surface area contributed by atoms with Crippen molar-refractivity contribution in [3.8, 4) is 0 Å². The summed E-state index contributed by atoms with van der Waals surface area (Å²) >= 11 is 0. The summed E-state index contributed by atoms with van der Waals surface area (Å²) in [5.74, 6) is -0.758. The molecule has 1 heterocycles. The lowest BCUT2D eigenvalue weighted by Crippen LogP contribution is -2.43. The first-order valence-electron chi connectivity index (χ1n) is 6.09. The predicted octanol–water partition coefficient (Wildman–Crippen LogP) is -0.128. The minimum atomic E-state index is -0.463. The molecule has 1 saturated heterocycles. The van der Waals surface area contributed by atoms with Gasteiger partial charge in [0.2, 0.25) is 5.91 Å². The van der Waals surface area contributed by atoms with E-state index in [0.29, 0.717) is 25.3 Å². The number of hydrogen-bond acceptors (Lipinski definition) is 5. The summed E-state index contributed by atoms with van der Waals surface area (Å²) in [5.41, 5.74) is 12.5. The summed E-state index contributed by atoms with van der Waals surface area (Å²) in [5, 5.41) is 0. The number of carbonyl (C=O) groups excluding carboxylic acids is 2. The van der Waals surface area contributed by atoms with Crippen LogP contribution in [0.1, 0.15) is 12.0 Å². The Labute approximate surface area is 111 Å². The molecule has 1 unspecified atom stereocenters. The second kappa shape index (κ2) is 5.71. The average Bonchev–Trinajstić information content (AvgIpc) is 2.77. The second-order valence-corrected chi connectivity index (χ2v) is 4.58. The van der Waals surface area contributed by atoms with Crippen LogP contribution in [-0.2, 0) is 20.9 Å². The van der Waals surface area contributed by atoms with Crippen LogP contribution >= 0.6 is 0 Å². The maximum Gasteiger partial charge on any atom is 0.323 e. The highest BCUT2D eigenvalue weighted by Crippen LogP contribution is 2.17. The SMILES string of the molecule is NC(=O)CN(Cc1ccc(N)cc1)C1CCOC1=O. The van der Waals surface area contributed by atoms with Crippen molar-refractivity contribution in [1.29, 1.82) is 0 Å². The molecule has 6 heteroatoms. The highest BCUT2D eigenvalue weighted by atomic mass is 16.5. The fourth-order valence-corrected chi connectivity index (χ4v) is 2.15. The van der Waals surface area contributed by atoms with Crippen molar-refractivity contribution in [2.45, 2.75) is 19.0 Å². The fraction of sp³-hybridized carbons (Fsp3) is 0.385. The molecule has 0 bridgehead atoms. The topological polar surface area (TPSA) is 98.7 Å². The third-order valence-corrected chi connectivity index (χ3v) is 3.07. The van der Waals surface area contributed by atoms with Crippen LogP contribution in [0.4, 0.5) is 5.69 Å². The lowest BCUT2D eigenvalue weighted by atomic mass is 10.1. The van der Waals surface area contributed by atoms with E-state index in [1.54, 1.807) is 17.0 Å². The van der Waals surface area contributed by atoms with Crippen molar-refractivity contribution in [2.24, 2.45) is 5.73 Å². The third kappa shape index (κ3) is 3.45. The molecule has 1 aromatic rings. The van der Waals surface area contributed by atoms with Crippen molar-refractivity contribution >= 4 is 17.6 Å². The molecule has 0 aromatic heterocycles. The molecular weight excluding hydrogens is 246 g/mol. The molecule has 4 N–H and O–H groups in total. The van der Waals surface area contributed by atoms with E-state index in [4.69, 9.17) is 16.2 Å². The number of cyclic esters (lactones) is 1. The highest BCUT2D eigenvalue weighted by molar-refractivity contribution is 5.80. The van der Waals surface area contributed by atoms with Gasteiger partial charge in [0.05, 0.1) is 13.2 Å². The van der Waals surface area contributed by atoms with E-state index in [1.807, 2.05) is 12.1 Å². The molecule has 102 valence electrons. The Hall–Kier alpha value is -2.08. The standard InChI is InChI=1S/C13H17N3O3/c14-10-3-1-9(2-4-10)7-16(8-12(15)17)11-5-6-19-13(11)18/h1-4,11H,5-8,14H2,(H2,15,17). The summed E-state index contributed by atoms with van der Waals surface area (Å²) in [4.78, 5) is 24.5. The first-order chi connectivity index (χ1) is 9.06.